The highest BCUT2D eigenvalue weighted by molar-refractivity contribution is 5.77. The lowest BCUT2D eigenvalue weighted by atomic mass is 10.2. The van der Waals surface area contributed by atoms with Gasteiger partial charge in [0.15, 0.2) is 22.7 Å². The zero-order valence-electron chi connectivity index (χ0n) is 14.8. The quantitative estimate of drug-likeness (QED) is 0.690. The molecule has 0 aliphatic heterocycles. The fourth-order valence-electron chi connectivity index (χ4n) is 2.91. The van der Waals surface area contributed by atoms with Crippen molar-refractivity contribution in [2.24, 2.45) is 7.05 Å². The number of hydrogen-bond donors (Lipinski definition) is 2. The molecule has 136 valence electrons. The Balaban J connectivity index is 2.19. The van der Waals surface area contributed by atoms with Crippen molar-refractivity contribution in [1.29, 1.82) is 0 Å². The first-order chi connectivity index (χ1) is 12.4. The second-order valence-electron chi connectivity index (χ2n) is 5.86. The minimum atomic E-state index is -0.371. The van der Waals surface area contributed by atoms with Crippen molar-refractivity contribution < 1.29 is 10.2 Å². The van der Waals surface area contributed by atoms with Gasteiger partial charge < -0.3 is 14.8 Å². The van der Waals surface area contributed by atoms with E-state index in [0.29, 0.717) is 29.1 Å². The van der Waals surface area contributed by atoms with E-state index in [1.807, 2.05) is 6.92 Å². The van der Waals surface area contributed by atoms with Gasteiger partial charge in [0.2, 0.25) is 0 Å². The van der Waals surface area contributed by atoms with Gasteiger partial charge in [-0.2, -0.15) is 0 Å². The maximum absolute atomic E-state index is 12.6. The molecule has 0 bridgehead atoms. The van der Waals surface area contributed by atoms with Crippen LogP contribution in [-0.4, -0.2) is 28.9 Å². The van der Waals surface area contributed by atoms with Crippen LogP contribution in [-0.2, 0) is 20.1 Å². The first-order valence-electron chi connectivity index (χ1n) is 8.29. The van der Waals surface area contributed by atoms with Gasteiger partial charge in [-0.15, -0.1) is 0 Å². The van der Waals surface area contributed by atoms with E-state index in [0.717, 1.165) is 0 Å². The number of phenols is 2. The van der Waals surface area contributed by atoms with E-state index in [4.69, 9.17) is 0 Å². The molecule has 8 nitrogen and oxygen atoms in total. The van der Waals surface area contributed by atoms with E-state index >= 15 is 0 Å². The molecule has 0 unspecified atom stereocenters. The maximum Gasteiger partial charge on any atom is 0.332 e. The second-order valence-corrected chi connectivity index (χ2v) is 5.86. The van der Waals surface area contributed by atoms with Crippen molar-refractivity contribution in [3.8, 4) is 11.5 Å². The molecule has 3 aromatic rings. The van der Waals surface area contributed by atoms with Crippen LogP contribution < -0.4 is 11.2 Å². The van der Waals surface area contributed by atoms with Gasteiger partial charge in [-0.1, -0.05) is 12.1 Å². The van der Waals surface area contributed by atoms with E-state index in [1.54, 1.807) is 36.8 Å². The fourth-order valence-corrected chi connectivity index (χ4v) is 2.91. The third-order valence-electron chi connectivity index (χ3n) is 4.33. The van der Waals surface area contributed by atoms with Crippen LogP contribution in [0.5, 0.6) is 11.5 Å². The summed E-state index contributed by atoms with van der Waals surface area (Å²) in [7, 11) is 1.72. The van der Waals surface area contributed by atoms with Crippen LogP contribution in [0, 0.1) is 0 Å². The molecule has 8 heteroatoms. The summed E-state index contributed by atoms with van der Waals surface area (Å²) in [5.41, 5.74) is 0.634. The normalized spacial score (nSPS) is 11.7. The van der Waals surface area contributed by atoms with Crippen LogP contribution in [0.4, 0.5) is 0 Å². The van der Waals surface area contributed by atoms with Crippen LogP contribution in [0.3, 0.4) is 0 Å². The fraction of sp³-hybridized carbons (Fsp3) is 0.278. The summed E-state index contributed by atoms with van der Waals surface area (Å²) in [5, 5.41) is 18.9. The number of fused-ring (bicyclic) bond motifs is 1. The van der Waals surface area contributed by atoms with Crippen LogP contribution in [0.1, 0.15) is 25.2 Å². The zero-order chi connectivity index (χ0) is 19.0. The van der Waals surface area contributed by atoms with Gasteiger partial charge in [0.1, 0.15) is 5.82 Å². The first kappa shape index (κ1) is 17.5. The molecule has 0 spiro atoms. The van der Waals surface area contributed by atoms with E-state index in [2.05, 4.69) is 4.98 Å². The minimum Gasteiger partial charge on any atom is -0.504 e. The highest BCUT2D eigenvalue weighted by atomic mass is 16.3. The van der Waals surface area contributed by atoms with E-state index in [9.17, 15) is 19.8 Å². The lowest BCUT2D eigenvalue weighted by Crippen LogP contribution is -2.39. The van der Waals surface area contributed by atoms with Crippen LogP contribution in [0.25, 0.3) is 23.3 Å². The van der Waals surface area contributed by atoms with Gasteiger partial charge in [0.25, 0.3) is 5.56 Å². The number of aromatic nitrogens is 4. The maximum atomic E-state index is 12.6. The SMILES string of the molecule is CCn1c(=O)c2c(nc(/C=C/c3ccc(O)c(O)c3)n2C)n(CC)c1=O. The Morgan fingerprint density at radius 3 is 2.35 bits per heavy atom. The number of aromatic hydroxyl groups is 2. The van der Waals surface area contributed by atoms with Crippen molar-refractivity contribution in [3.63, 3.8) is 0 Å². The average Bonchev–Trinajstić information content (AvgIpc) is 2.93. The van der Waals surface area contributed by atoms with Crippen molar-refractivity contribution in [3.05, 3.63) is 50.4 Å². The lowest BCUT2D eigenvalue weighted by molar-refractivity contribution is 0.403. The van der Waals surface area contributed by atoms with Crippen LogP contribution in [0.15, 0.2) is 27.8 Å². The number of nitrogens with zero attached hydrogens (tertiary/aromatic N) is 4. The largest absolute Gasteiger partial charge is 0.504 e. The molecule has 2 heterocycles. The van der Waals surface area contributed by atoms with Crippen molar-refractivity contribution >= 4 is 23.3 Å². The molecule has 0 saturated carbocycles. The number of imidazole rings is 1. The Kier molecular flexibility index (Phi) is 4.41. The van der Waals surface area contributed by atoms with Crippen molar-refractivity contribution in [2.45, 2.75) is 26.9 Å². The second kappa shape index (κ2) is 6.55. The molecule has 3 rings (SSSR count). The van der Waals surface area contributed by atoms with Gasteiger partial charge >= 0.3 is 5.69 Å². The Morgan fingerprint density at radius 1 is 1.04 bits per heavy atom. The highest BCUT2D eigenvalue weighted by Gasteiger charge is 2.17. The topological polar surface area (TPSA) is 102 Å². The van der Waals surface area contributed by atoms with Gasteiger partial charge in [0, 0.05) is 20.1 Å². The molecule has 2 aromatic heterocycles. The Labute approximate surface area is 148 Å². The molecule has 0 saturated heterocycles. The molecule has 0 radical (unpaired) electrons. The number of phenolic OH excluding ortho intramolecular Hbond substituents is 2. The van der Waals surface area contributed by atoms with E-state index < -0.39 is 0 Å². The summed E-state index contributed by atoms with van der Waals surface area (Å²) in [6.07, 6.45) is 3.39. The highest BCUT2D eigenvalue weighted by Crippen LogP contribution is 2.25. The molecule has 0 aliphatic rings. The van der Waals surface area contributed by atoms with E-state index in [1.165, 1.54) is 21.3 Å². The zero-order valence-corrected chi connectivity index (χ0v) is 14.8. The smallest absolute Gasteiger partial charge is 0.332 e. The lowest BCUT2D eigenvalue weighted by Gasteiger charge is -2.08. The number of benzene rings is 1. The summed E-state index contributed by atoms with van der Waals surface area (Å²) >= 11 is 0. The Bertz CT molecular complexity index is 1130. The van der Waals surface area contributed by atoms with Crippen LogP contribution in [0.2, 0.25) is 0 Å². The number of rotatable bonds is 4. The third kappa shape index (κ3) is 2.69. The molecule has 0 amide bonds. The predicted octanol–water partition coefficient (Wildman–Crippen LogP) is 1.52. The van der Waals surface area contributed by atoms with Gasteiger partial charge in [-0.05, 0) is 37.6 Å². The summed E-state index contributed by atoms with van der Waals surface area (Å²) < 4.78 is 4.31. The molecule has 0 fully saturated rings. The standard InChI is InChI=1S/C18H20N4O4/c1-4-21-16-15(17(25)22(5-2)18(21)26)20(3)14(19-16)9-7-11-6-8-12(23)13(24)10-11/h6-10,23-24H,4-5H2,1-3H3/b9-7+. The summed E-state index contributed by atoms with van der Waals surface area (Å²) in [5.74, 6) is 0.0832. The van der Waals surface area contributed by atoms with Crippen molar-refractivity contribution in [1.82, 2.24) is 18.7 Å². The molecule has 2 N–H and O–H groups in total. The molecular weight excluding hydrogens is 336 g/mol. The van der Waals surface area contributed by atoms with E-state index in [-0.39, 0.29) is 29.3 Å². The minimum absolute atomic E-state index is 0.197. The molecule has 0 atom stereocenters. The molecular formula is C18H20N4O4. The summed E-state index contributed by atoms with van der Waals surface area (Å²) in [6, 6.07) is 4.44. The summed E-state index contributed by atoms with van der Waals surface area (Å²) in [6.45, 7) is 4.27. The van der Waals surface area contributed by atoms with Gasteiger partial charge in [-0.3, -0.25) is 13.9 Å². The predicted molar refractivity (Wildman–Crippen MR) is 99.3 cm³/mol. The average molecular weight is 356 g/mol. The van der Waals surface area contributed by atoms with Gasteiger partial charge in [0.05, 0.1) is 0 Å². The third-order valence-corrected chi connectivity index (χ3v) is 4.33. The van der Waals surface area contributed by atoms with Gasteiger partial charge in [-0.25, -0.2) is 9.78 Å². The molecule has 26 heavy (non-hydrogen) atoms. The number of hydrogen-bond acceptors (Lipinski definition) is 5. The molecule has 1 aromatic carbocycles. The monoisotopic (exact) mass is 356 g/mol. The van der Waals surface area contributed by atoms with Crippen LogP contribution >= 0.6 is 0 Å². The Morgan fingerprint density at radius 2 is 1.73 bits per heavy atom. The summed E-state index contributed by atoms with van der Waals surface area (Å²) in [4.78, 5) is 29.5. The van der Waals surface area contributed by atoms with Crippen molar-refractivity contribution in [2.75, 3.05) is 0 Å². The first-order valence-corrected chi connectivity index (χ1v) is 8.29. The molecule has 0 aliphatic carbocycles. The Hall–Kier alpha value is -3.29. The number of aryl methyl sites for hydroxylation is 2.